The van der Waals surface area contributed by atoms with Crippen LogP contribution in [0.25, 0.3) is 0 Å². The van der Waals surface area contributed by atoms with Crippen LogP contribution in [0.4, 0.5) is 30.4 Å². The summed E-state index contributed by atoms with van der Waals surface area (Å²) in [4.78, 5) is 3.59. The monoisotopic (exact) mass is 281 g/mol. The number of aromatic nitrogens is 1. The van der Waals surface area contributed by atoms with Crippen LogP contribution in [0.3, 0.4) is 0 Å². The topological polar surface area (TPSA) is 50.9 Å². The number of aryl methyl sites for hydroxylation is 2. The maximum Gasteiger partial charge on any atom is 0.417 e. The molecule has 106 valence electrons. The summed E-state index contributed by atoms with van der Waals surface area (Å²) in [6.45, 7) is 3.76. The van der Waals surface area contributed by atoms with Crippen molar-refractivity contribution in [3.05, 3.63) is 47.2 Å². The largest absolute Gasteiger partial charge is 0.417 e. The average Bonchev–Trinajstić information content (AvgIpc) is 2.35. The third-order valence-electron chi connectivity index (χ3n) is 2.91. The lowest BCUT2D eigenvalue weighted by atomic mass is 10.1. The third-order valence-corrected chi connectivity index (χ3v) is 2.91. The SMILES string of the molecule is Cc1ccc(C)c(Nc2cc(C(F)(F)F)cnc2N)c1. The number of halogens is 3. The molecule has 20 heavy (non-hydrogen) atoms. The highest BCUT2D eigenvalue weighted by Crippen LogP contribution is 2.33. The van der Waals surface area contributed by atoms with E-state index in [0.29, 0.717) is 5.69 Å². The van der Waals surface area contributed by atoms with E-state index in [1.807, 2.05) is 32.0 Å². The van der Waals surface area contributed by atoms with E-state index < -0.39 is 11.7 Å². The van der Waals surface area contributed by atoms with Gasteiger partial charge in [-0.1, -0.05) is 12.1 Å². The van der Waals surface area contributed by atoms with Gasteiger partial charge in [-0.05, 0) is 37.1 Å². The quantitative estimate of drug-likeness (QED) is 0.873. The minimum Gasteiger partial charge on any atom is -0.382 e. The van der Waals surface area contributed by atoms with Crippen LogP contribution >= 0.6 is 0 Å². The minimum atomic E-state index is -4.45. The van der Waals surface area contributed by atoms with Crippen LogP contribution in [0.15, 0.2) is 30.5 Å². The molecule has 1 heterocycles. The number of hydrogen-bond donors (Lipinski definition) is 2. The van der Waals surface area contributed by atoms with Crippen LogP contribution in [0, 0.1) is 13.8 Å². The summed E-state index contributed by atoms with van der Waals surface area (Å²) in [5.74, 6) is 0.0268. The summed E-state index contributed by atoms with van der Waals surface area (Å²) in [6, 6.07) is 6.61. The van der Waals surface area contributed by atoms with Crippen LogP contribution in [0.5, 0.6) is 0 Å². The van der Waals surface area contributed by atoms with Crippen molar-refractivity contribution in [3.63, 3.8) is 0 Å². The van der Waals surface area contributed by atoms with E-state index in [-0.39, 0.29) is 11.5 Å². The van der Waals surface area contributed by atoms with Gasteiger partial charge in [0.1, 0.15) is 5.82 Å². The molecule has 0 spiro atoms. The Labute approximate surface area is 114 Å². The molecule has 0 unspecified atom stereocenters. The fourth-order valence-corrected chi connectivity index (χ4v) is 1.75. The highest BCUT2D eigenvalue weighted by molar-refractivity contribution is 5.72. The Morgan fingerprint density at radius 1 is 1.10 bits per heavy atom. The van der Waals surface area contributed by atoms with Crippen LogP contribution in [0.2, 0.25) is 0 Å². The van der Waals surface area contributed by atoms with Gasteiger partial charge < -0.3 is 11.1 Å². The zero-order valence-electron chi connectivity index (χ0n) is 11.0. The van der Waals surface area contributed by atoms with Crippen molar-refractivity contribution in [2.24, 2.45) is 0 Å². The molecule has 0 saturated heterocycles. The van der Waals surface area contributed by atoms with Crippen molar-refractivity contribution in [2.75, 3.05) is 11.1 Å². The number of nitrogens with two attached hydrogens (primary N) is 1. The Hall–Kier alpha value is -2.24. The van der Waals surface area contributed by atoms with Crippen LogP contribution < -0.4 is 11.1 Å². The Balaban J connectivity index is 2.40. The van der Waals surface area contributed by atoms with E-state index >= 15 is 0 Å². The van der Waals surface area contributed by atoms with Crippen molar-refractivity contribution >= 4 is 17.2 Å². The second-order valence-corrected chi connectivity index (χ2v) is 4.60. The zero-order chi connectivity index (χ0) is 14.9. The fourth-order valence-electron chi connectivity index (χ4n) is 1.75. The van der Waals surface area contributed by atoms with Gasteiger partial charge in [0.25, 0.3) is 0 Å². The first kappa shape index (κ1) is 14.2. The predicted molar refractivity (Wildman–Crippen MR) is 72.9 cm³/mol. The van der Waals surface area contributed by atoms with Crippen molar-refractivity contribution in [1.82, 2.24) is 4.98 Å². The summed E-state index contributed by atoms with van der Waals surface area (Å²) in [5.41, 5.74) is 7.55. The predicted octanol–water partition coefficient (Wildman–Crippen LogP) is 4.04. The van der Waals surface area contributed by atoms with Gasteiger partial charge in [-0.3, -0.25) is 0 Å². The number of anilines is 3. The van der Waals surface area contributed by atoms with Crippen molar-refractivity contribution in [1.29, 1.82) is 0 Å². The molecule has 2 rings (SSSR count). The maximum absolute atomic E-state index is 12.7. The molecule has 0 atom stereocenters. The molecule has 2 aromatic rings. The first-order chi connectivity index (χ1) is 9.27. The Morgan fingerprint density at radius 3 is 2.45 bits per heavy atom. The molecule has 3 N–H and O–H groups in total. The number of pyridine rings is 1. The van der Waals surface area contributed by atoms with Crippen molar-refractivity contribution in [3.8, 4) is 0 Å². The van der Waals surface area contributed by atoms with Crippen molar-refractivity contribution in [2.45, 2.75) is 20.0 Å². The van der Waals surface area contributed by atoms with E-state index in [1.165, 1.54) is 0 Å². The van der Waals surface area contributed by atoms with Crippen LogP contribution in [-0.4, -0.2) is 4.98 Å². The van der Waals surface area contributed by atoms with E-state index in [9.17, 15) is 13.2 Å². The highest BCUT2D eigenvalue weighted by Gasteiger charge is 2.31. The van der Waals surface area contributed by atoms with Gasteiger partial charge in [0.05, 0.1) is 11.3 Å². The van der Waals surface area contributed by atoms with E-state index in [4.69, 9.17) is 5.73 Å². The normalized spacial score (nSPS) is 11.4. The van der Waals surface area contributed by atoms with Gasteiger partial charge in [-0.15, -0.1) is 0 Å². The third kappa shape index (κ3) is 3.01. The summed E-state index contributed by atoms with van der Waals surface area (Å²) < 4.78 is 38.0. The van der Waals surface area contributed by atoms with E-state index in [0.717, 1.165) is 23.4 Å². The molecule has 3 nitrogen and oxygen atoms in total. The molecule has 1 aromatic carbocycles. The van der Waals surface area contributed by atoms with Crippen LogP contribution in [-0.2, 0) is 6.18 Å². The number of nitrogen functional groups attached to an aromatic ring is 1. The maximum atomic E-state index is 12.7. The van der Waals surface area contributed by atoms with Gasteiger partial charge in [-0.2, -0.15) is 13.2 Å². The van der Waals surface area contributed by atoms with E-state index in [2.05, 4.69) is 10.3 Å². The number of rotatable bonds is 2. The molecular formula is C14H14F3N3. The first-order valence-electron chi connectivity index (χ1n) is 5.94. The van der Waals surface area contributed by atoms with Gasteiger partial charge in [0.2, 0.25) is 0 Å². The lowest BCUT2D eigenvalue weighted by Crippen LogP contribution is -2.08. The lowest BCUT2D eigenvalue weighted by Gasteiger charge is -2.14. The molecule has 1 aromatic heterocycles. The van der Waals surface area contributed by atoms with Gasteiger partial charge in [0.15, 0.2) is 0 Å². The summed E-state index contributed by atoms with van der Waals surface area (Å²) in [6.07, 6.45) is -3.72. The Kier molecular flexibility index (Phi) is 3.57. The molecule has 0 aliphatic heterocycles. The molecule has 0 amide bonds. The van der Waals surface area contributed by atoms with Gasteiger partial charge in [0, 0.05) is 11.9 Å². The smallest absolute Gasteiger partial charge is 0.382 e. The number of nitrogens with zero attached hydrogens (tertiary/aromatic N) is 1. The van der Waals surface area contributed by atoms with Gasteiger partial charge >= 0.3 is 6.18 Å². The molecule has 0 radical (unpaired) electrons. The second-order valence-electron chi connectivity index (χ2n) is 4.60. The second kappa shape index (κ2) is 5.03. The zero-order valence-corrected chi connectivity index (χ0v) is 11.0. The number of benzene rings is 1. The van der Waals surface area contributed by atoms with E-state index in [1.54, 1.807) is 0 Å². The summed E-state index contributed by atoms with van der Waals surface area (Å²) >= 11 is 0. The first-order valence-corrected chi connectivity index (χ1v) is 5.94. The lowest BCUT2D eigenvalue weighted by molar-refractivity contribution is -0.137. The Morgan fingerprint density at radius 2 is 1.80 bits per heavy atom. The molecule has 0 bridgehead atoms. The summed E-state index contributed by atoms with van der Waals surface area (Å²) in [7, 11) is 0. The fraction of sp³-hybridized carbons (Fsp3) is 0.214. The number of hydrogen-bond acceptors (Lipinski definition) is 3. The molecule has 0 saturated carbocycles. The number of nitrogens with one attached hydrogen (secondary N) is 1. The summed E-state index contributed by atoms with van der Waals surface area (Å²) in [5, 5.41) is 2.91. The molecule has 0 fully saturated rings. The minimum absolute atomic E-state index is 0.0268. The van der Waals surface area contributed by atoms with Crippen molar-refractivity contribution < 1.29 is 13.2 Å². The Bertz CT molecular complexity index is 636. The highest BCUT2D eigenvalue weighted by atomic mass is 19.4. The molecule has 0 aliphatic rings. The number of alkyl halides is 3. The standard InChI is InChI=1S/C14H14F3N3/c1-8-3-4-9(2)11(5-8)20-12-6-10(14(15,16)17)7-19-13(12)18/h3-7,20H,1-2H3,(H2,18,19). The average molecular weight is 281 g/mol. The molecular weight excluding hydrogens is 267 g/mol. The van der Waals surface area contributed by atoms with Crippen LogP contribution in [0.1, 0.15) is 16.7 Å². The van der Waals surface area contributed by atoms with Gasteiger partial charge in [-0.25, -0.2) is 4.98 Å². The molecule has 0 aliphatic carbocycles. The molecule has 6 heteroatoms.